The fourth-order valence-corrected chi connectivity index (χ4v) is 3.75. The second-order valence-corrected chi connectivity index (χ2v) is 6.76. The molecule has 2 aliphatic carbocycles. The molecule has 3 rings (SSSR count). The molecule has 0 radical (unpaired) electrons. The summed E-state index contributed by atoms with van der Waals surface area (Å²) in [5.74, 6) is 0.777. The highest BCUT2D eigenvalue weighted by Crippen LogP contribution is 2.36. The van der Waals surface area contributed by atoms with E-state index >= 15 is 0 Å². The minimum absolute atomic E-state index is 0.379. The van der Waals surface area contributed by atoms with Crippen molar-refractivity contribution in [2.45, 2.75) is 64.0 Å². The fraction of sp³-hybridized carbons (Fsp3) is 0.684. The third-order valence-electron chi connectivity index (χ3n) is 5.03. The van der Waals surface area contributed by atoms with Crippen molar-refractivity contribution in [2.75, 3.05) is 13.7 Å². The molecule has 2 unspecified atom stereocenters. The highest BCUT2D eigenvalue weighted by Gasteiger charge is 2.36. The Labute approximate surface area is 129 Å². The summed E-state index contributed by atoms with van der Waals surface area (Å²) in [5.41, 5.74) is 4.64. The molecule has 0 heterocycles. The Balaban J connectivity index is 1.70. The second-order valence-electron chi connectivity index (χ2n) is 6.76. The van der Waals surface area contributed by atoms with Crippen molar-refractivity contribution in [1.29, 1.82) is 0 Å². The van der Waals surface area contributed by atoms with E-state index in [9.17, 15) is 0 Å². The number of ether oxygens (including phenoxy) is 1. The molecule has 2 atom stereocenters. The molecule has 1 aromatic carbocycles. The van der Waals surface area contributed by atoms with Gasteiger partial charge in [0.15, 0.2) is 0 Å². The summed E-state index contributed by atoms with van der Waals surface area (Å²) in [6.45, 7) is 3.32. The largest absolute Gasteiger partial charge is 0.380 e. The van der Waals surface area contributed by atoms with Crippen LogP contribution in [0.3, 0.4) is 0 Å². The molecular weight excluding hydrogens is 258 g/mol. The van der Waals surface area contributed by atoms with Gasteiger partial charge in [-0.25, -0.2) is 0 Å². The molecule has 1 saturated carbocycles. The summed E-state index contributed by atoms with van der Waals surface area (Å²) < 4.78 is 5.84. The predicted octanol–water partition coefficient (Wildman–Crippen LogP) is 3.51. The maximum Gasteiger partial charge on any atom is 0.0755 e. The summed E-state index contributed by atoms with van der Waals surface area (Å²) in [7, 11) is 1.88. The molecule has 0 bridgehead atoms. The SMILES string of the molecule is CCCNC(Cc1ccc2c(c1)CCC2)C(OC)C1CC1. The van der Waals surface area contributed by atoms with E-state index in [1.807, 2.05) is 7.11 Å². The zero-order chi connectivity index (χ0) is 14.7. The van der Waals surface area contributed by atoms with Crippen molar-refractivity contribution in [2.24, 2.45) is 5.92 Å². The molecule has 0 aliphatic heterocycles. The normalized spacial score (nSPS) is 20.3. The molecule has 0 aromatic heterocycles. The van der Waals surface area contributed by atoms with Crippen molar-refractivity contribution in [3.05, 3.63) is 34.9 Å². The summed E-state index contributed by atoms with van der Waals surface area (Å²) in [6.07, 6.45) is 9.22. The van der Waals surface area contributed by atoms with Gasteiger partial charge >= 0.3 is 0 Å². The minimum atomic E-state index is 0.379. The molecule has 0 saturated heterocycles. The summed E-state index contributed by atoms with van der Waals surface area (Å²) in [5, 5.41) is 3.73. The summed E-state index contributed by atoms with van der Waals surface area (Å²) >= 11 is 0. The van der Waals surface area contributed by atoms with Crippen LogP contribution in [0.5, 0.6) is 0 Å². The van der Waals surface area contributed by atoms with E-state index in [1.165, 1.54) is 44.1 Å². The number of methoxy groups -OCH3 is 1. The van der Waals surface area contributed by atoms with Crippen molar-refractivity contribution >= 4 is 0 Å². The third-order valence-corrected chi connectivity index (χ3v) is 5.03. The van der Waals surface area contributed by atoms with E-state index < -0.39 is 0 Å². The van der Waals surface area contributed by atoms with Gasteiger partial charge in [0.2, 0.25) is 0 Å². The number of rotatable bonds is 8. The average molecular weight is 287 g/mol. The van der Waals surface area contributed by atoms with Gasteiger partial charge in [-0.05, 0) is 74.1 Å². The highest BCUT2D eigenvalue weighted by atomic mass is 16.5. The van der Waals surface area contributed by atoms with E-state index in [4.69, 9.17) is 4.74 Å². The molecule has 1 N–H and O–H groups in total. The number of nitrogens with one attached hydrogen (secondary N) is 1. The van der Waals surface area contributed by atoms with Crippen molar-refractivity contribution in [3.8, 4) is 0 Å². The van der Waals surface area contributed by atoms with Gasteiger partial charge in [-0.3, -0.25) is 0 Å². The van der Waals surface area contributed by atoms with Crippen LogP contribution in [0.25, 0.3) is 0 Å². The minimum Gasteiger partial charge on any atom is -0.380 e. The Morgan fingerprint density at radius 1 is 1.24 bits per heavy atom. The van der Waals surface area contributed by atoms with Gasteiger partial charge < -0.3 is 10.1 Å². The average Bonchev–Trinajstić information content (AvgIpc) is 3.22. The van der Waals surface area contributed by atoms with Crippen molar-refractivity contribution in [3.63, 3.8) is 0 Å². The van der Waals surface area contributed by atoms with Gasteiger partial charge in [0.1, 0.15) is 0 Å². The van der Waals surface area contributed by atoms with Gasteiger partial charge in [-0.2, -0.15) is 0 Å². The quantitative estimate of drug-likeness (QED) is 0.790. The van der Waals surface area contributed by atoms with Crippen LogP contribution >= 0.6 is 0 Å². The van der Waals surface area contributed by atoms with Crippen molar-refractivity contribution in [1.82, 2.24) is 5.32 Å². The first-order valence-electron chi connectivity index (χ1n) is 8.68. The molecule has 2 heteroatoms. The molecule has 1 aromatic rings. The molecule has 1 fully saturated rings. The van der Waals surface area contributed by atoms with Gasteiger partial charge in [-0.1, -0.05) is 25.1 Å². The Hall–Kier alpha value is -0.860. The van der Waals surface area contributed by atoms with E-state index in [2.05, 4.69) is 30.4 Å². The summed E-state index contributed by atoms with van der Waals surface area (Å²) in [4.78, 5) is 0. The third kappa shape index (κ3) is 3.67. The smallest absolute Gasteiger partial charge is 0.0755 e. The Morgan fingerprint density at radius 3 is 2.76 bits per heavy atom. The first-order chi connectivity index (χ1) is 10.3. The molecule has 116 valence electrons. The van der Waals surface area contributed by atoms with Gasteiger partial charge in [0.25, 0.3) is 0 Å². The fourth-order valence-electron chi connectivity index (χ4n) is 3.75. The molecule has 2 aliphatic rings. The lowest BCUT2D eigenvalue weighted by atomic mass is 9.96. The zero-order valence-electron chi connectivity index (χ0n) is 13.5. The van der Waals surface area contributed by atoms with E-state index in [-0.39, 0.29) is 0 Å². The lowest BCUT2D eigenvalue weighted by molar-refractivity contribution is 0.0511. The lowest BCUT2D eigenvalue weighted by Gasteiger charge is -2.27. The van der Waals surface area contributed by atoms with E-state index in [1.54, 1.807) is 11.1 Å². The van der Waals surface area contributed by atoms with Crippen LogP contribution in [0, 0.1) is 5.92 Å². The maximum atomic E-state index is 5.84. The Bertz CT molecular complexity index is 467. The van der Waals surface area contributed by atoms with E-state index in [0.29, 0.717) is 12.1 Å². The number of benzene rings is 1. The number of hydrogen-bond donors (Lipinski definition) is 1. The zero-order valence-corrected chi connectivity index (χ0v) is 13.5. The van der Waals surface area contributed by atoms with Gasteiger partial charge in [-0.15, -0.1) is 0 Å². The van der Waals surface area contributed by atoms with Crippen LogP contribution < -0.4 is 5.32 Å². The predicted molar refractivity (Wildman–Crippen MR) is 87.8 cm³/mol. The van der Waals surface area contributed by atoms with Crippen LogP contribution in [-0.2, 0) is 24.0 Å². The topological polar surface area (TPSA) is 21.3 Å². The maximum absolute atomic E-state index is 5.84. The molecule has 2 nitrogen and oxygen atoms in total. The van der Waals surface area contributed by atoms with Crippen LogP contribution in [0.15, 0.2) is 18.2 Å². The highest BCUT2D eigenvalue weighted by molar-refractivity contribution is 5.35. The van der Waals surface area contributed by atoms with Gasteiger partial charge in [0, 0.05) is 13.2 Å². The Morgan fingerprint density at radius 2 is 2.05 bits per heavy atom. The van der Waals surface area contributed by atoms with E-state index in [0.717, 1.165) is 18.9 Å². The summed E-state index contributed by atoms with van der Waals surface area (Å²) in [6, 6.07) is 7.60. The number of hydrogen-bond acceptors (Lipinski definition) is 2. The number of fused-ring (bicyclic) bond motifs is 1. The first kappa shape index (κ1) is 15.1. The number of aryl methyl sites for hydroxylation is 2. The van der Waals surface area contributed by atoms with Crippen LogP contribution in [-0.4, -0.2) is 25.8 Å². The van der Waals surface area contributed by atoms with Crippen molar-refractivity contribution < 1.29 is 4.74 Å². The second kappa shape index (κ2) is 6.93. The monoisotopic (exact) mass is 287 g/mol. The molecule has 0 spiro atoms. The van der Waals surface area contributed by atoms with Crippen LogP contribution in [0.2, 0.25) is 0 Å². The molecule has 0 amide bonds. The standard InChI is InChI=1S/C19H29NO/c1-3-11-20-18(19(21-2)16-9-10-16)13-14-7-8-15-5-4-6-17(15)12-14/h7-8,12,16,18-20H,3-6,9-11,13H2,1-2H3. The van der Waals surface area contributed by atoms with Gasteiger partial charge in [0.05, 0.1) is 6.10 Å². The van der Waals surface area contributed by atoms with Crippen LogP contribution in [0.4, 0.5) is 0 Å². The lowest BCUT2D eigenvalue weighted by Crippen LogP contribution is -2.44. The Kier molecular flexibility index (Phi) is 4.97. The molecule has 21 heavy (non-hydrogen) atoms. The first-order valence-corrected chi connectivity index (χ1v) is 8.68. The van der Waals surface area contributed by atoms with Crippen LogP contribution in [0.1, 0.15) is 49.3 Å². The molecular formula is C19H29NO.